The molecule has 0 saturated carbocycles. The molecule has 0 aliphatic carbocycles. The Balaban J connectivity index is 3.73. The molecule has 3 N–H and O–H groups in total. The van der Waals surface area contributed by atoms with Crippen molar-refractivity contribution in [3.8, 4) is 0 Å². The third kappa shape index (κ3) is 6.47. The first-order chi connectivity index (χ1) is 6.99. The summed E-state index contributed by atoms with van der Waals surface area (Å²) in [5.74, 6) is -0.0304. The fourth-order valence-electron chi connectivity index (χ4n) is 1.12. The van der Waals surface area contributed by atoms with Crippen LogP contribution >= 0.6 is 0 Å². The van der Waals surface area contributed by atoms with Crippen molar-refractivity contribution in [3.63, 3.8) is 0 Å². The number of carbonyl (C=O) groups excluding carboxylic acids is 1. The van der Waals surface area contributed by atoms with Gasteiger partial charge in [0.2, 0.25) is 5.91 Å². The van der Waals surface area contributed by atoms with Gasteiger partial charge in [-0.1, -0.05) is 19.8 Å². The van der Waals surface area contributed by atoms with Crippen LogP contribution < -0.4 is 11.1 Å². The molecule has 0 bridgehead atoms. The molecule has 0 saturated heterocycles. The maximum atomic E-state index is 11.5. The molecule has 0 aromatic rings. The zero-order valence-corrected chi connectivity index (χ0v) is 10.4. The van der Waals surface area contributed by atoms with Crippen LogP contribution in [0, 0.1) is 0 Å². The number of carbonyl (C=O) groups is 1. The summed E-state index contributed by atoms with van der Waals surface area (Å²) in [4.78, 5) is 13.6. The maximum Gasteiger partial charge on any atom is 0.236 e. The number of hydrogen-bond acceptors (Lipinski definition) is 3. The predicted molar refractivity (Wildman–Crippen MR) is 63.7 cm³/mol. The Morgan fingerprint density at radius 2 is 2.07 bits per heavy atom. The van der Waals surface area contributed by atoms with Gasteiger partial charge in [-0.2, -0.15) is 0 Å². The van der Waals surface area contributed by atoms with Crippen molar-refractivity contribution < 1.29 is 4.79 Å². The average molecular weight is 215 g/mol. The van der Waals surface area contributed by atoms with Gasteiger partial charge in [0.1, 0.15) is 0 Å². The van der Waals surface area contributed by atoms with Gasteiger partial charge in [-0.25, -0.2) is 0 Å². The first-order valence-electron chi connectivity index (χ1n) is 5.68. The van der Waals surface area contributed by atoms with Crippen molar-refractivity contribution in [2.24, 2.45) is 5.73 Å². The van der Waals surface area contributed by atoms with Crippen LogP contribution in [0.15, 0.2) is 0 Å². The zero-order chi connectivity index (χ0) is 11.8. The molecule has 0 radical (unpaired) electrons. The van der Waals surface area contributed by atoms with Crippen LogP contribution in [0.5, 0.6) is 0 Å². The lowest BCUT2D eigenvalue weighted by Crippen LogP contribution is -2.45. The lowest BCUT2D eigenvalue weighted by Gasteiger charge is -2.21. The molecule has 2 atom stereocenters. The van der Waals surface area contributed by atoms with E-state index in [2.05, 4.69) is 24.1 Å². The van der Waals surface area contributed by atoms with Gasteiger partial charge in [0, 0.05) is 12.6 Å². The molecule has 90 valence electrons. The maximum absolute atomic E-state index is 11.5. The summed E-state index contributed by atoms with van der Waals surface area (Å²) < 4.78 is 0. The Kier molecular flexibility index (Phi) is 7.34. The van der Waals surface area contributed by atoms with Crippen molar-refractivity contribution in [2.75, 3.05) is 20.6 Å². The Morgan fingerprint density at radius 1 is 1.47 bits per heavy atom. The largest absolute Gasteiger partial charge is 0.353 e. The predicted octanol–water partition coefficient (Wildman–Crippen LogP) is 0.570. The minimum Gasteiger partial charge on any atom is -0.353 e. The second-order valence-corrected chi connectivity index (χ2v) is 4.31. The van der Waals surface area contributed by atoms with Crippen LogP contribution in [0.2, 0.25) is 0 Å². The highest BCUT2D eigenvalue weighted by atomic mass is 16.2. The first kappa shape index (κ1) is 14.4. The molecule has 4 heteroatoms. The highest BCUT2D eigenvalue weighted by molar-refractivity contribution is 5.81. The van der Waals surface area contributed by atoms with Crippen LogP contribution in [0.3, 0.4) is 0 Å². The number of nitrogens with two attached hydrogens (primary N) is 1. The Hall–Kier alpha value is -0.610. The molecule has 0 spiro atoms. The molecule has 1 amide bonds. The average Bonchev–Trinajstić information content (AvgIpc) is 2.21. The molecule has 0 aliphatic rings. The van der Waals surface area contributed by atoms with Crippen LogP contribution in [0.4, 0.5) is 0 Å². The molecule has 0 aliphatic heterocycles. The van der Waals surface area contributed by atoms with E-state index in [-0.39, 0.29) is 11.9 Å². The quantitative estimate of drug-likeness (QED) is 0.653. The molecule has 15 heavy (non-hydrogen) atoms. The number of nitrogens with one attached hydrogen (secondary N) is 1. The standard InChI is InChI=1S/C11H25N3O/c1-5-6-7-10(12)11(15)13-8-9(2)14(3)4/h9-10H,5-8,12H2,1-4H3,(H,13,15). The summed E-state index contributed by atoms with van der Waals surface area (Å²) in [5, 5.41) is 2.87. The van der Waals surface area contributed by atoms with Crippen LogP contribution in [0.25, 0.3) is 0 Å². The van der Waals surface area contributed by atoms with Crippen molar-refractivity contribution in [3.05, 3.63) is 0 Å². The summed E-state index contributed by atoms with van der Waals surface area (Å²) in [6.07, 6.45) is 2.87. The molecule has 0 aromatic carbocycles. The van der Waals surface area contributed by atoms with E-state index in [1.54, 1.807) is 0 Å². The summed E-state index contributed by atoms with van der Waals surface area (Å²) in [6, 6.07) is -0.00774. The first-order valence-corrected chi connectivity index (χ1v) is 5.68. The fourth-order valence-corrected chi connectivity index (χ4v) is 1.12. The summed E-state index contributed by atoms with van der Waals surface area (Å²) in [6.45, 7) is 4.82. The van der Waals surface area contributed by atoms with Gasteiger partial charge in [0.25, 0.3) is 0 Å². The number of hydrogen-bond donors (Lipinski definition) is 2. The Bertz CT molecular complexity index is 183. The van der Waals surface area contributed by atoms with E-state index >= 15 is 0 Å². The highest BCUT2D eigenvalue weighted by Gasteiger charge is 2.13. The number of amides is 1. The van der Waals surface area contributed by atoms with Gasteiger partial charge < -0.3 is 16.0 Å². The van der Waals surface area contributed by atoms with Crippen LogP contribution in [0.1, 0.15) is 33.1 Å². The number of likely N-dealkylation sites (N-methyl/N-ethyl adjacent to an activating group) is 1. The summed E-state index contributed by atoms with van der Waals surface area (Å²) in [7, 11) is 3.99. The number of unbranched alkanes of at least 4 members (excludes halogenated alkanes) is 1. The lowest BCUT2D eigenvalue weighted by molar-refractivity contribution is -0.122. The molecule has 0 rings (SSSR count). The third-order valence-electron chi connectivity index (χ3n) is 2.66. The van der Waals surface area contributed by atoms with Gasteiger partial charge in [-0.15, -0.1) is 0 Å². The van der Waals surface area contributed by atoms with E-state index in [9.17, 15) is 4.79 Å². The van der Waals surface area contributed by atoms with E-state index in [4.69, 9.17) is 5.73 Å². The third-order valence-corrected chi connectivity index (χ3v) is 2.66. The normalized spacial score (nSPS) is 15.1. The molecule has 2 unspecified atom stereocenters. The topological polar surface area (TPSA) is 58.4 Å². The van der Waals surface area contributed by atoms with E-state index in [1.165, 1.54) is 0 Å². The molecular weight excluding hydrogens is 190 g/mol. The fraction of sp³-hybridized carbons (Fsp3) is 0.909. The molecule has 0 heterocycles. The Morgan fingerprint density at radius 3 is 2.53 bits per heavy atom. The van der Waals surface area contributed by atoms with Crippen molar-refractivity contribution >= 4 is 5.91 Å². The number of nitrogens with zero attached hydrogens (tertiary/aromatic N) is 1. The van der Waals surface area contributed by atoms with Gasteiger partial charge >= 0.3 is 0 Å². The molecule has 4 nitrogen and oxygen atoms in total. The highest BCUT2D eigenvalue weighted by Crippen LogP contribution is 1.98. The molecular formula is C11H25N3O. The summed E-state index contributed by atoms with van der Waals surface area (Å²) in [5.41, 5.74) is 5.74. The van der Waals surface area contributed by atoms with E-state index < -0.39 is 0 Å². The number of rotatable bonds is 7. The van der Waals surface area contributed by atoms with Gasteiger partial charge in [0.05, 0.1) is 6.04 Å². The second kappa shape index (κ2) is 7.65. The van der Waals surface area contributed by atoms with Crippen molar-refractivity contribution in [1.29, 1.82) is 0 Å². The van der Waals surface area contributed by atoms with E-state index in [0.29, 0.717) is 12.6 Å². The van der Waals surface area contributed by atoms with E-state index in [1.807, 2.05) is 14.1 Å². The van der Waals surface area contributed by atoms with Gasteiger partial charge in [0.15, 0.2) is 0 Å². The smallest absolute Gasteiger partial charge is 0.236 e. The zero-order valence-electron chi connectivity index (χ0n) is 10.4. The van der Waals surface area contributed by atoms with Crippen molar-refractivity contribution in [1.82, 2.24) is 10.2 Å². The summed E-state index contributed by atoms with van der Waals surface area (Å²) >= 11 is 0. The van der Waals surface area contributed by atoms with Gasteiger partial charge in [-0.3, -0.25) is 4.79 Å². The molecule has 0 fully saturated rings. The van der Waals surface area contributed by atoms with Crippen LogP contribution in [-0.2, 0) is 4.79 Å². The lowest BCUT2D eigenvalue weighted by atomic mass is 10.1. The van der Waals surface area contributed by atoms with Crippen LogP contribution in [-0.4, -0.2) is 43.5 Å². The van der Waals surface area contributed by atoms with Gasteiger partial charge in [-0.05, 0) is 27.4 Å². The van der Waals surface area contributed by atoms with Crippen molar-refractivity contribution in [2.45, 2.75) is 45.2 Å². The SMILES string of the molecule is CCCCC(N)C(=O)NCC(C)N(C)C. The minimum absolute atomic E-state index is 0.0304. The minimum atomic E-state index is -0.348. The second-order valence-electron chi connectivity index (χ2n) is 4.31. The Labute approximate surface area is 93.2 Å². The molecule has 0 aromatic heterocycles. The monoisotopic (exact) mass is 215 g/mol. The van der Waals surface area contributed by atoms with E-state index in [0.717, 1.165) is 19.3 Å².